The van der Waals surface area contributed by atoms with Crippen molar-refractivity contribution in [2.24, 2.45) is 0 Å². The molecule has 22 heavy (non-hydrogen) atoms. The monoisotopic (exact) mass is 317 g/mol. The summed E-state index contributed by atoms with van der Waals surface area (Å²) in [5.41, 5.74) is 2.82. The third-order valence-electron chi connectivity index (χ3n) is 3.45. The number of nitrogens with one attached hydrogen (secondary N) is 1. The summed E-state index contributed by atoms with van der Waals surface area (Å²) in [5, 5.41) is 6.04. The number of nitrogens with zero attached hydrogens (tertiary/aromatic N) is 2. The molecule has 0 spiro atoms. The van der Waals surface area contributed by atoms with Gasteiger partial charge in [-0.1, -0.05) is 19.1 Å². The van der Waals surface area contributed by atoms with Gasteiger partial charge in [-0.2, -0.15) is 0 Å². The average molecular weight is 317 g/mol. The molecule has 0 aliphatic heterocycles. The van der Waals surface area contributed by atoms with E-state index in [-0.39, 0.29) is 5.91 Å². The van der Waals surface area contributed by atoms with Gasteiger partial charge in [-0.3, -0.25) is 4.79 Å². The summed E-state index contributed by atoms with van der Waals surface area (Å²) in [6.45, 7) is 8.18. The Morgan fingerprint density at radius 3 is 2.73 bits per heavy atom. The summed E-state index contributed by atoms with van der Waals surface area (Å²) < 4.78 is 0. The largest absolute Gasteiger partial charge is 0.349 e. The molecule has 0 unspecified atom stereocenters. The topological polar surface area (TPSA) is 45.2 Å². The third-order valence-corrected chi connectivity index (χ3v) is 4.35. The Morgan fingerprint density at radius 1 is 1.27 bits per heavy atom. The molecule has 1 aromatic heterocycles. The number of rotatable bonds is 7. The van der Waals surface area contributed by atoms with Crippen LogP contribution in [0.1, 0.15) is 33.6 Å². The van der Waals surface area contributed by atoms with Gasteiger partial charge >= 0.3 is 0 Å². The summed E-state index contributed by atoms with van der Waals surface area (Å²) in [7, 11) is 0. The zero-order valence-electron chi connectivity index (χ0n) is 13.4. The minimum Gasteiger partial charge on any atom is -0.349 e. The SMILES string of the molecule is CCCC(=O)Nc1cccc(-c2csc(N(CC)CC)n2)c1. The highest BCUT2D eigenvalue weighted by Crippen LogP contribution is 2.28. The average Bonchev–Trinajstić information content (AvgIpc) is 2.99. The van der Waals surface area contributed by atoms with Gasteiger partial charge in [0.2, 0.25) is 5.91 Å². The summed E-state index contributed by atoms with van der Waals surface area (Å²) in [5.74, 6) is 0.0572. The van der Waals surface area contributed by atoms with Gasteiger partial charge in [-0.15, -0.1) is 11.3 Å². The molecular formula is C17H23N3OS. The van der Waals surface area contributed by atoms with Crippen LogP contribution in [0.15, 0.2) is 29.6 Å². The molecule has 0 bridgehead atoms. The number of carbonyl (C=O) groups is 1. The number of anilines is 2. The lowest BCUT2D eigenvalue weighted by molar-refractivity contribution is -0.116. The minimum atomic E-state index is 0.0572. The molecular weight excluding hydrogens is 294 g/mol. The second-order valence-electron chi connectivity index (χ2n) is 5.07. The quantitative estimate of drug-likeness (QED) is 0.823. The molecule has 0 saturated carbocycles. The molecule has 2 aromatic rings. The van der Waals surface area contributed by atoms with Crippen LogP contribution in [0.25, 0.3) is 11.3 Å². The van der Waals surface area contributed by atoms with E-state index in [1.165, 1.54) is 0 Å². The summed E-state index contributed by atoms with van der Waals surface area (Å²) in [6, 6.07) is 7.87. The molecule has 1 N–H and O–H groups in total. The van der Waals surface area contributed by atoms with Crippen LogP contribution in [0.4, 0.5) is 10.8 Å². The molecule has 0 aliphatic rings. The van der Waals surface area contributed by atoms with Gasteiger partial charge in [0, 0.05) is 36.1 Å². The molecule has 1 heterocycles. The smallest absolute Gasteiger partial charge is 0.224 e. The normalized spacial score (nSPS) is 10.5. The molecule has 1 amide bonds. The number of aromatic nitrogens is 1. The molecule has 2 rings (SSSR count). The molecule has 0 atom stereocenters. The van der Waals surface area contributed by atoms with Crippen molar-refractivity contribution in [1.29, 1.82) is 0 Å². The van der Waals surface area contributed by atoms with Crippen LogP contribution in [-0.2, 0) is 4.79 Å². The van der Waals surface area contributed by atoms with Gasteiger partial charge in [-0.05, 0) is 32.4 Å². The van der Waals surface area contributed by atoms with Crippen molar-refractivity contribution in [2.45, 2.75) is 33.6 Å². The fraction of sp³-hybridized carbons (Fsp3) is 0.412. The van der Waals surface area contributed by atoms with Crippen LogP contribution < -0.4 is 10.2 Å². The number of amides is 1. The first-order valence-electron chi connectivity index (χ1n) is 7.78. The van der Waals surface area contributed by atoms with Gasteiger partial charge in [0.1, 0.15) is 0 Å². The van der Waals surface area contributed by atoms with Crippen LogP contribution >= 0.6 is 11.3 Å². The summed E-state index contributed by atoms with van der Waals surface area (Å²) in [6.07, 6.45) is 1.40. The molecule has 1 aromatic carbocycles. The van der Waals surface area contributed by atoms with Crippen molar-refractivity contribution in [3.63, 3.8) is 0 Å². The van der Waals surface area contributed by atoms with Crippen molar-refractivity contribution in [3.8, 4) is 11.3 Å². The second-order valence-corrected chi connectivity index (χ2v) is 5.90. The molecule has 0 radical (unpaired) electrons. The van der Waals surface area contributed by atoms with Crippen molar-refractivity contribution in [3.05, 3.63) is 29.6 Å². The second kappa shape index (κ2) is 7.94. The highest BCUT2D eigenvalue weighted by molar-refractivity contribution is 7.14. The van der Waals surface area contributed by atoms with E-state index >= 15 is 0 Å². The van der Waals surface area contributed by atoms with Crippen molar-refractivity contribution in [1.82, 2.24) is 4.98 Å². The van der Waals surface area contributed by atoms with Gasteiger partial charge < -0.3 is 10.2 Å². The highest BCUT2D eigenvalue weighted by atomic mass is 32.1. The fourth-order valence-electron chi connectivity index (χ4n) is 2.24. The molecule has 0 fully saturated rings. The molecule has 4 nitrogen and oxygen atoms in total. The molecule has 0 aliphatic carbocycles. The molecule has 0 saturated heterocycles. The lowest BCUT2D eigenvalue weighted by Crippen LogP contribution is -2.21. The first-order chi connectivity index (χ1) is 10.7. The van der Waals surface area contributed by atoms with E-state index in [2.05, 4.69) is 29.4 Å². The Bertz CT molecular complexity index is 620. The number of thiazole rings is 1. The van der Waals surface area contributed by atoms with E-state index in [4.69, 9.17) is 4.98 Å². The third kappa shape index (κ3) is 4.07. The zero-order chi connectivity index (χ0) is 15.9. The maximum atomic E-state index is 11.7. The van der Waals surface area contributed by atoms with Crippen molar-refractivity contribution >= 4 is 28.1 Å². The van der Waals surface area contributed by atoms with E-state index in [1.807, 2.05) is 31.2 Å². The van der Waals surface area contributed by atoms with Gasteiger partial charge in [-0.25, -0.2) is 4.98 Å². The standard InChI is InChI=1S/C17H23N3OS/c1-4-8-16(21)18-14-10-7-9-13(11-14)15-12-22-17(19-15)20(5-2)6-3/h7,9-12H,4-6,8H2,1-3H3,(H,18,21). The Labute approximate surface area is 136 Å². The zero-order valence-corrected chi connectivity index (χ0v) is 14.2. The van der Waals surface area contributed by atoms with Crippen LogP contribution in [-0.4, -0.2) is 24.0 Å². The summed E-state index contributed by atoms with van der Waals surface area (Å²) in [4.78, 5) is 18.6. The Hall–Kier alpha value is -1.88. The predicted molar refractivity (Wildman–Crippen MR) is 94.6 cm³/mol. The van der Waals surface area contributed by atoms with Crippen LogP contribution in [0, 0.1) is 0 Å². The Morgan fingerprint density at radius 2 is 2.05 bits per heavy atom. The number of carbonyl (C=O) groups excluding carboxylic acids is 1. The summed E-state index contributed by atoms with van der Waals surface area (Å²) >= 11 is 1.66. The van der Waals surface area contributed by atoms with E-state index < -0.39 is 0 Å². The predicted octanol–water partition coefficient (Wildman–Crippen LogP) is 4.39. The minimum absolute atomic E-state index is 0.0572. The van der Waals surface area contributed by atoms with Crippen LogP contribution in [0.3, 0.4) is 0 Å². The Balaban J connectivity index is 2.17. The Kier molecular flexibility index (Phi) is 5.95. The maximum Gasteiger partial charge on any atom is 0.224 e. The number of hydrogen-bond donors (Lipinski definition) is 1. The number of benzene rings is 1. The fourth-order valence-corrected chi connectivity index (χ4v) is 3.21. The van der Waals surface area contributed by atoms with E-state index in [0.29, 0.717) is 6.42 Å². The van der Waals surface area contributed by atoms with E-state index in [9.17, 15) is 4.79 Å². The van der Waals surface area contributed by atoms with Crippen LogP contribution in [0.5, 0.6) is 0 Å². The highest BCUT2D eigenvalue weighted by Gasteiger charge is 2.10. The molecule has 118 valence electrons. The maximum absolute atomic E-state index is 11.7. The molecule has 5 heteroatoms. The van der Waals surface area contributed by atoms with Crippen molar-refractivity contribution in [2.75, 3.05) is 23.3 Å². The van der Waals surface area contributed by atoms with Gasteiger partial charge in [0.15, 0.2) is 5.13 Å². The van der Waals surface area contributed by atoms with Gasteiger partial charge in [0.25, 0.3) is 0 Å². The first-order valence-corrected chi connectivity index (χ1v) is 8.66. The van der Waals surface area contributed by atoms with E-state index in [1.54, 1.807) is 11.3 Å². The number of hydrogen-bond acceptors (Lipinski definition) is 4. The van der Waals surface area contributed by atoms with Crippen molar-refractivity contribution < 1.29 is 4.79 Å². The first kappa shape index (κ1) is 16.5. The lowest BCUT2D eigenvalue weighted by atomic mass is 10.1. The van der Waals surface area contributed by atoms with Crippen LogP contribution in [0.2, 0.25) is 0 Å². The van der Waals surface area contributed by atoms with E-state index in [0.717, 1.165) is 41.6 Å². The van der Waals surface area contributed by atoms with Gasteiger partial charge in [0.05, 0.1) is 5.69 Å². The lowest BCUT2D eigenvalue weighted by Gasteiger charge is -2.16.